The number of ether oxygens (including phenoxy) is 2. The van der Waals surface area contributed by atoms with Gasteiger partial charge in [-0.3, -0.25) is 0 Å². The van der Waals surface area contributed by atoms with Crippen molar-refractivity contribution in [2.75, 3.05) is 7.11 Å². The zero-order chi connectivity index (χ0) is 14.6. The van der Waals surface area contributed by atoms with Gasteiger partial charge in [0.1, 0.15) is 12.2 Å². The van der Waals surface area contributed by atoms with Crippen LogP contribution < -0.4 is 5.73 Å². The Bertz CT molecular complexity index is 448. The highest BCUT2D eigenvalue weighted by Crippen LogP contribution is 2.31. The third kappa shape index (κ3) is 4.11. The molecular formula is C14H20ClNO3. The summed E-state index contributed by atoms with van der Waals surface area (Å²) in [6, 6.07) is 5.52. The molecule has 0 fully saturated rings. The van der Waals surface area contributed by atoms with Crippen molar-refractivity contribution in [3.05, 3.63) is 34.3 Å². The SMILES string of the molecule is CO[C@H](c1ccc(Cl)cc1C)[C@H](OC(N)=O)C(C)C. The van der Waals surface area contributed by atoms with Gasteiger partial charge in [0.2, 0.25) is 0 Å². The summed E-state index contributed by atoms with van der Waals surface area (Å²) in [6.45, 7) is 5.84. The van der Waals surface area contributed by atoms with Crippen LogP contribution in [0, 0.1) is 12.8 Å². The standard InChI is InChI=1S/C14H20ClNO3/c1-8(2)12(19-14(16)17)13(18-4)11-6-5-10(15)7-9(11)3/h5-8,12-13H,1-4H3,(H2,16,17)/t12-,13-/m1/s1. The predicted octanol–water partition coefficient (Wildman–Crippen LogP) is 3.46. The molecule has 1 rings (SSSR count). The molecule has 2 N–H and O–H groups in total. The number of hydrogen-bond donors (Lipinski definition) is 1. The predicted molar refractivity (Wildman–Crippen MR) is 75.2 cm³/mol. The van der Waals surface area contributed by atoms with Crippen LogP contribution in [0.15, 0.2) is 18.2 Å². The molecule has 0 aliphatic rings. The number of nitrogens with two attached hydrogens (primary N) is 1. The van der Waals surface area contributed by atoms with Crippen LogP contribution in [0.3, 0.4) is 0 Å². The van der Waals surface area contributed by atoms with Crippen molar-refractivity contribution >= 4 is 17.7 Å². The van der Waals surface area contributed by atoms with Gasteiger partial charge in [0.05, 0.1) is 0 Å². The van der Waals surface area contributed by atoms with Crippen LogP contribution in [0.25, 0.3) is 0 Å². The van der Waals surface area contributed by atoms with E-state index in [-0.39, 0.29) is 12.0 Å². The van der Waals surface area contributed by atoms with Crippen molar-refractivity contribution in [1.82, 2.24) is 0 Å². The second-order valence-electron chi connectivity index (χ2n) is 4.80. The molecule has 19 heavy (non-hydrogen) atoms. The number of methoxy groups -OCH3 is 1. The Balaban J connectivity index is 3.11. The molecule has 0 aromatic heterocycles. The Morgan fingerprint density at radius 2 is 2.00 bits per heavy atom. The summed E-state index contributed by atoms with van der Waals surface area (Å²) >= 11 is 5.95. The number of carbonyl (C=O) groups excluding carboxylic acids is 1. The molecule has 5 heteroatoms. The fourth-order valence-corrected chi connectivity index (χ4v) is 2.30. The molecule has 0 aliphatic carbocycles. The van der Waals surface area contributed by atoms with E-state index < -0.39 is 12.2 Å². The fourth-order valence-electron chi connectivity index (χ4n) is 2.08. The second kappa shape index (κ2) is 6.78. The molecule has 0 saturated heterocycles. The average molecular weight is 286 g/mol. The molecule has 0 aliphatic heterocycles. The minimum atomic E-state index is -0.799. The van der Waals surface area contributed by atoms with Crippen molar-refractivity contribution in [3.63, 3.8) is 0 Å². The summed E-state index contributed by atoms with van der Waals surface area (Å²) < 4.78 is 10.7. The molecule has 0 saturated carbocycles. The van der Waals surface area contributed by atoms with Gasteiger partial charge < -0.3 is 15.2 Å². The maximum atomic E-state index is 11.0. The first kappa shape index (κ1) is 15.8. The van der Waals surface area contributed by atoms with Crippen LogP contribution in [0.4, 0.5) is 4.79 Å². The van der Waals surface area contributed by atoms with Gasteiger partial charge in [0.15, 0.2) is 0 Å². The number of amides is 1. The lowest BCUT2D eigenvalue weighted by Gasteiger charge is -2.29. The molecule has 1 amide bonds. The van der Waals surface area contributed by atoms with E-state index in [1.807, 2.05) is 32.9 Å². The molecule has 106 valence electrons. The molecule has 1 aromatic rings. The van der Waals surface area contributed by atoms with Gasteiger partial charge in [-0.2, -0.15) is 0 Å². The van der Waals surface area contributed by atoms with E-state index in [1.165, 1.54) is 0 Å². The highest BCUT2D eigenvalue weighted by molar-refractivity contribution is 6.30. The van der Waals surface area contributed by atoms with Crippen molar-refractivity contribution in [3.8, 4) is 0 Å². The number of halogens is 1. The first-order valence-corrected chi connectivity index (χ1v) is 6.49. The van der Waals surface area contributed by atoms with Crippen LogP contribution in [-0.4, -0.2) is 19.3 Å². The third-order valence-corrected chi connectivity index (χ3v) is 3.24. The first-order valence-electron chi connectivity index (χ1n) is 6.11. The Kier molecular flexibility index (Phi) is 5.63. The first-order chi connectivity index (χ1) is 8.86. The van der Waals surface area contributed by atoms with E-state index >= 15 is 0 Å². The van der Waals surface area contributed by atoms with Gasteiger partial charge in [-0.25, -0.2) is 4.79 Å². The summed E-state index contributed by atoms with van der Waals surface area (Å²) in [5, 5.41) is 0.660. The third-order valence-electron chi connectivity index (χ3n) is 3.00. The van der Waals surface area contributed by atoms with E-state index in [0.717, 1.165) is 11.1 Å². The van der Waals surface area contributed by atoms with Crippen molar-refractivity contribution < 1.29 is 14.3 Å². The van der Waals surface area contributed by atoms with E-state index in [1.54, 1.807) is 13.2 Å². The molecule has 4 nitrogen and oxygen atoms in total. The molecule has 0 radical (unpaired) electrons. The Morgan fingerprint density at radius 1 is 1.37 bits per heavy atom. The maximum Gasteiger partial charge on any atom is 0.404 e. The van der Waals surface area contributed by atoms with E-state index in [9.17, 15) is 4.79 Å². The lowest BCUT2D eigenvalue weighted by atomic mass is 9.93. The summed E-state index contributed by atoms with van der Waals surface area (Å²) in [6.07, 6.45) is -1.61. The lowest BCUT2D eigenvalue weighted by Crippen LogP contribution is -2.33. The molecule has 1 aromatic carbocycles. The minimum absolute atomic E-state index is 0.0764. The fraction of sp³-hybridized carbons (Fsp3) is 0.500. The highest BCUT2D eigenvalue weighted by atomic mass is 35.5. The molecule has 0 unspecified atom stereocenters. The van der Waals surface area contributed by atoms with E-state index in [2.05, 4.69) is 0 Å². The smallest absolute Gasteiger partial charge is 0.404 e. The summed E-state index contributed by atoms with van der Waals surface area (Å²) in [4.78, 5) is 11.0. The van der Waals surface area contributed by atoms with Crippen molar-refractivity contribution in [2.45, 2.75) is 33.0 Å². The van der Waals surface area contributed by atoms with Crippen molar-refractivity contribution in [2.24, 2.45) is 11.7 Å². The van der Waals surface area contributed by atoms with E-state index in [4.69, 9.17) is 26.8 Å². The summed E-state index contributed by atoms with van der Waals surface area (Å²) in [5.41, 5.74) is 7.05. The summed E-state index contributed by atoms with van der Waals surface area (Å²) in [5.74, 6) is 0.0764. The monoisotopic (exact) mass is 285 g/mol. The quantitative estimate of drug-likeness (QED) is 0.901. The number of primary amides is 1. The van der Waals surface area contributed by atoms with Crippen LogP contribution in [0.1, 0.15) is 31.1 Å². The van der Waals surface area contributed by atoms with Crippen LogP contribution >= 0.6 is 11.6 Å². The Hall–Kier alpha value is -1.26. The zero-order valence-corrected chi connectivity index (χ0v) is 12.4. The lowest BCUT2D eigenvalue weighted by molar-refractivity contribution is -0.0427. The number of rotatable bonds is 5. The maximum absolute atomic E-state index is 11.0. The van der Waals surface area contributed by atoms with Crippen molar-refractivity contribution in [1.29, 1.82) is 0 Å². The van der Waals surface area contributed by atoms with Gasteiger partial charge in [-0.1, -0.05) is 31.5 Å². The van der Waals surface area contributed by atoms with Gasteiger partial charge in [0, 0.05) is 12.1 Å². The topological polar surface area (TPSA) is 61.6 Å². The molecule has 0 spiro atoms. The zero-order valence-electron chi connectivity index (χ0n) is 11.6. The van der Waals surface area contributed by atoms with Gasteiger partial charge in [0.25, 0.3) is 0 Å². The van der Waals surface area contributed by atoms with Gasteiger partial charge in [-0.05, 0) is 36.1 Å². The number of carbonyl (C=O) groups is 1. The molecule has 0 bridgehead atoms. The number of aryl methyl sites for hydroxylation is 1. The van der Waals surface area contributed by atoms with Gasteiger partial charge in [-0.15, -0.1) is 0 Å². The highest BCUT2D eigenvalue weighted by Gasteiger charge is 2.30. The molecule has 2 atom stereocenters. The number of benzene rings is 1. The van der Waals surface area contributed by atoms with E-state index in [0.29, 0.717) is 5.02 Å². The second-order valence-corrected chi connectivity index (χ2v) is 5.24. The molecular weight excluding hydrogens is 266 g/mol. The Labute approximate surface area is 118 Å². The average Bonchev–Trinajstić information content (AvgIpc) is 2.30. The van der Waals surface area contributed by atoms with Gasteiger partial charge >= 0.3 is 6.09 Å². The largest absolute Gasteiger partial charge is 0.443 e. The minimum Gasteiger partial charge on any atom is -0.443 e. The van der Waals surface area contributed by atoms with Crippen LogP contribution in [0.2, 0.25) is 5.02 Å². The normalized spacial score (nSPS) is 14.2. The summed E-state index contributed by atoms with van der Waals surface area (Å²) in [7, 11) is 1.58. The molecule has 0 heterocycles. The number of hydrogen-bond acceptors (Lipinski definition) is 3. The van der Waals surface area contributed by atoms with Crippen LogP contribution in [0.5, 0.6) is 0 Å². The van der Waals surface area contributed by atoms with Crippen LogP contribution in [-0.2, 0) is 9.47 Å². The Morgan fingerprint density at radius 3 is 2.42 bits per heavy atom.